The van der Waals surface area contributed by atoms with Gasteiger partial charge in [-0.25, -0.2) is 0 Å². The van der Waals surface area contributed by atoms with Crippen LogP contribution in [0.5, 0.6) is 11.5 Å². The van der Waals surface area contributed by atoms with Crippen molar-refractivity contribution in [2.24, 2.45) is 0 Å². The number of carbonyl (C=O) groups is 1. The summed E-state index contributed by atoms with van der Waals surface area (Å²) in [4.78, 5) is 16.4. The number of Topliss-reactive ketones (excluding diaryl/α,β-unsaturated/α-hetero) is 1. The molecule has 1 aliphatic heterocycles. The minimum atomic E-state index is 0.156. The van der Waals surface area contributed by atoms with Crippen molar-refractivity contribution in [3.8, 4) is 11.5 Å². The minimum absolute atomic E-state index is 0.156. The lowest BCUT2D eigenvalue weighted by Gasteiger charge is -2.16. The summed E-state index contributed by atoms with van der Waals surface area (Å²) in [5, 5.41) is 2.11. The lowest BCUT2D eigenvalue weighted by atomic mass is 10.1. The fraction of sp³-hybridized carbons (Fsp3) is 0.348. The number of thiophene rings is 1. The van der Waals surface area contributed by atoms with Crippen LogP contribution < -0.4 is 9.47 Å². The molecule has 0 fully saturated rings. The smallest absolute Gasteiger partial charge is 0.231 e. The maximum absolute atomic E-state index is 13.0. The van der Waals surface area contributed by atoms with E-state index in [1.807, 2.05) is 43.1 Å². The Bertz CT molecular complexity index is 1010. The molecule has 0 N–H and O–H groups in total. The van der Waals surface area contributed by atoms with Gasteiger partial charge in [0.15, 0.2) is 17.3 Å². The Labute approximate surface area is 175 Å². The van der Waals surface area contributed by atoms with Crippen LogP contribution in [0.1, 0.15) is 32.2 Å². The average molecular weight is 411 g/mol. The van der Waals surface area contributed by atoms with E-state index in [2.05, 4.69) is 29.0 Å². The van der Waals surface area contributed by atoms with Crippen LogP contribution in [0, 0.1) is 13.8 Å². The van der Waals surface area contributed by atoms with Crippen LogP contribution in [0.3, 0.4) is 0 Å². The predicted octanol–water partition coefficient (Wildman–Crippen LogP) is 4.45. The van der Waals surface area contributed by atoms with Crippen LogP contribution >= 0.6 is 11.3 Å². The number of hydrogen-bond acceptors (Lipinski definition) is 5. The van der Waals surface area contributed by atoms with Crippen LogP contribution in [0.15, 0.2) is 41.8 Å². The highest BCUT2D eigenvalue weighted by Gasteiger charge is 2.18. The molecule has 29 heavy (non-hydrogen) atoms. The number of nitrogens with zero attached hydrogens (tertiary/aromatic N) is 2. The molecular formula is C23H26N2O3S. The summed E-state index contributed by atoms with van der Waals surface area (Å²) in [5.74, 6) is 1.71. The van der Waals surface area contributed by atoms with Gasteiger partial charge in [-0.2, -0.15) is 0 Å². The van der Waals surface area contributed by atoms with Crippen LogP contribution in [0.2, 0.25) is 0 Å². The van der Waals surface area contributed by atoms with Gasteiger partial charge in [-0.1, -0.05) is 12.1 Å². The molecule has 1 aliphatic rings. The zero-order valence-corrected chi connectivity index (χ0v) is 17.9. The van der Waals surface area contributed by atoms with Crippen LogP contribution in [0.25, 0.3) is 0 Å². The number of hydrogen-bond donors (Lipinski definition) is 0. The van der Waals surface area contributed by atoms with E-state index in [9.17, 15) is 4.79 Å². The standard InChI is InChI=1S/C23H26N2O3S/c1-16-11-20(17(2)25(16)9-8-19-5-4-10-29-19)21(26)14-24(3)13-18-6-7-22-23(12-18)28-15-27-22/h4-7,10-12H,8-9,13-15H2,1-3H3. The molecule has 0 radical (unpaired) electrons. The number of likely N-dealkylation sites (N-methyl/N-ethyl adjacent to an activating group) is 1. The van der Waals surface area contributed by atoms with E-state index >= 15 is 0 Å². The van der Waals surface area contributed by atoms with Crippen LogP contribution in [0.4, 0.5) is 0 Å². The summed E-state index contributed by atoms with van der Waals surface area (Å²) in [6.45, 7) is 6.36. The first-order valence-electron chi connectivity index (χ1n) is 9.80. The van der Waals surface area contributed by atoms with E-state index in [1.165, 1.54) is 4.88 Å². The second-order valence-electron chi connectivity index (χ2n) is 7.55. The normalized spacial score (nSPS) is 12.7. The van der Waals surface area contributed by atoms with Crippen molar-refractivity contribution in [3.63, 3.8) is 0 Å². The topological polar surface area (TPSA) is 43.7 Å². The van der Waals surface area contributed by atoms with Crippen LogP contribution in [-0.4, -0.2) is 35.6 Å². The highest BCUT2D eigenvalue weighted by molar-refractivity contribution is 7.09. The molecule has 0 saturated heterocycles. The molecular weight excluding hydrogens is 384 g/mol. The zero-order valence-electron chi connectivity index (χ0n) is 17.1. The number of benzene rings is 1. The predicted molar refractivity (Wildman–Crippen MR) is 115 cm³/mol. The van der Waals surface area contributed by atoms with Gasteiger partial charge in [0.2, 0.25) is 6.79 Å². The molecule has 152 valence electrons. The summed E-state index contributed by atoms with van der Waals surface area (Å²) >= 11 is 1.78. The number of ketones is 1. The summed E-state index contributed by atoms with van der Waals surface area (Å²) in [7, 11) is 1.97. The molecule has 0 amide bonds. The third kappa shape index (κ3) is 4.38. The number of rotatable bonds is 8. The van der Waals surface area contributed by atoms with E-state index in [1.54, 1.807) is 11.3 Å². The van der Waals surface area contributed by atoms with Crippen molar-refractivity contribution in [2.75, 3.05) is 20.4 Å². The maximum atomic E-state index is 13.0. The number of fused-ring (bicyclic) bond motifs is 1. The molecule has 5 nitrogen and oxygen atoms in total. The second kappa shape index (κ2) is 8.43. The lowest BCUT2D eigenvalue weighted by molar-refractivity contribution is 0.0942. The Hall–Kier alpha value is -2.57. The second-order valence-corrected chi connectivity index (χ2v) is 8.58. The number of aryl methyl sites for hydroxylation is 2. The summed E-state index contributed by atoms with van der Waals surface area (Å²) < 4.78 is 13.1. The third-order valence-electron chi connectivity index (χ3n) is 5.34. The molecule has 6 heteroatoms. The fourth-order valence-electron chi connectivity index (χ4n) is 3.84. The zero-order chi connectivity index (χ0) is 20.4. The summed E-state index contributed by atoms with van der Waals surface area (Å²) in [6.07, 6.45) is 0.992. The van der Waals surface area contributed by atoms with Crippen molar-refractivity contribution >= 4 is 17.1 Å². The molecule has 0 bridgehead atoms. The molecule has 3 aromatic rings. The van der Waals surface area contributed by atoms with Gasteiger partial charge in [-0.3, -0.25) is 9.69 Å². The van der Waals surface area contributed by atoms with Crippen molar-refractivity contribution in [1.82, 2.24) is 9.47 Å². The van der Waals surface area contributed by atoms with Gasteiger partial charge >= 0.3 is 0 Å². The number of aromatic nitrogens is 1. The van der Waals surface area contributed by atoms with Crippen molar-refractivity contribution in [1.29, 1.82) is 0 Å². The van der Waals surface area contributed by atoms with E-state index in [-0.39, 0.29) is 12.6 Å². The summed E-state index contributed by atoms with van der Waals surface area (Å²) in [6, 6.07) is 12.2. The quantitative estimate of drug-likeness (QED) is 0.515. The highest BCUT2D eigenvalue weighted by atomic mass is 32.1. The Kier molecular flexibility index (Phi) is 5.74. The minimum Gasteiger partial charge on any atom is -0.454 e. The summed E-state index contributed by atoms with van der Waals surface area (Å²) in [5.41, 5.74) is 4.12. The van der Waals surface area contributed by atoms with Gasteiger partial charge in [0.1, 0.15) is 0 Å². The average Bonchev–Trinajstić information content (AvgIpc) is 3.41. The van der Waals surface area contributed by atoms with E-state index in [0.29, 0.717) is 13.1 Å². The van der Waals surface area contributed by atoms with Crippen LogP contribution in [-0.2, 0) is 19.5 Å². The van der Waals surface area contributed by atoms with Gasteiger partial charge in [0, 0.05) is 34.9 Å². The third-order valence-corrected chi connectivity index (χ3v) is 6.28. The van der Waals surface area contributed by atoms with Gasteiger partial charge in [0.05, 0.1) is 6.54 Å². The number of carbonyl (C=O) groups excluding carboxylic acids is 1. The molecule has 1 aromatic carbocycles. The Morgan fingerprint density at radius 2 is 2.00 bits per heavy atom. The largest absolute Gasteiger partial charge is 0.454 e. The van der Waals surface area contributed by atoms with E-state index < -0.39 is 0 Å². The Morgan fingerprint density at radius 1 is 1.17 bits per heavy atom. The molecule has 0 saturated carbocycles. The fourth-order valence-corrected chi connectivity index (χ4v) is 4.54. The first-order valence-corrected chi connectivity index (χ1v) is 10.7. The Balaban J connectivity index is 1.39. The van der Waals surface area contributed by atoms with E-state index in [0.717, 1.165) is 47.0 Å². The molecule has 2 aromatic heterocycles. The monoisotopic (exact) mass is 410 g/mol. The van der Waals surface area contributed by atoms with E-state index in [4.69, 9.17) is 9.47 Å². The lowest BCUT2D eigenvalue weighted by Crippen LogP contribution is -2.26. The molecule has 0 aliphatic carbocycles. The van der Waals surface area contributed by atoms with Gasteiger partial charge < -0.3 is 14.0 Å². The molecule has 4 rings (SSSR count). The van der Waals surface area contributed by atoms with Crippen molar-refractivity contribution in [2.45, 2.75) is 33.4 Å². The Morgan fingerprint density at radius 3 is 2.79 bits per heavy atom. The van der Waals surface area contributed by atoms with Crippen molar-refractivity contribution < 1.29 is 14.3 Å². The maximum Gasteiger partial charge on any atom is 0.231 e. The molecule has 0 atom stereocenters. The van der Waals surface area contributed by atoms with Gasteiger partial charge in [0.25, 0.3) is 0 Å². The molecule has 3 heterocycles. The first-order chi connectivity index (χ1) is 14.0. The SMILES string of the molecule is Cc1cc(C(=O)CN(C)Cc2ccc3c(c2)OCO3)c(C)n1CCc1cccs1. The molecule has 0 unspecified atom stereocenters. The molecule has 0 spiro atoms. The first kappa shape index (κ1) is 19.7. The number of ether oxygens (including phenoxy) is 2. The highest BCUT2D eigenvalue weighted by Crippen LogP contribution is 2.32. The van der Waals surface area contributed by atoms with Gasteiger partial charge in [-0.05, 0) is 62.5 Å². The van der Waals surface area contributed by atoms with Gasteiger partial charge in [-0.15, -0.1) is 11.3 Å². The van der Waals surface area contributed by atoms with Crippen molar-refractivity contribution in [3.05, 3.63) is 69.2 Å².